The van der Waals surface area contributed by atoms with Crippen LogP contribution in [0.3, 0.4) is 0 Å². The highest BCUT2D eigenvalue weighted by atomic mass is 127. The van der Waals surface area contributed by atoms with Gasteiger partial charge in [-0.05, 0) is 61.2 Å². The highest BCUT2D eigenvalue weighted by Gasteiger charge is 2.16. The van der Waals surface area contributed by atoms with E-state index in [1.807, 2.05) is 25.1 Å². The molecule has 1 heterocycles. The zero-order valence-corrected chi connectivity index (χ0v) is 17.2. The third-order valence-electron chi connectivity index (χ3n) is 4.19. The van der Waals surface area contributed by atoms with E-state index in [-0.39, 0.29) is 36.6 Å². The molecule has 26 heavy (non-hydrogen) atoms. The number of rotatable bonds is 4. The Bertz CT molecular complexity index is 812. The summed E-state index contributed by atoms with van der Waals surface area (Å²) in [4.78, 5) is 4.32. The molecule has 1 aliphatic heterocycles. The summed E-state index contributed by atoms with van der Waals surface area (Å²) in [5, 5.41) is 3.07. The molecule has 0 saturated carbocycles. The molecule has 0 radical (unpaired) electrons. The second-order valence-electron chi connectivity index (χ2n) is 6.10. The van der Waals surface area contributed by atoms with Gasteiger partial charge in [0.05, 0.1) is 6.61 Å². The van der Waals surface area contributed by atoms with Crippen LogP contribution in [0.4, 0.5) is 10.1 Å². The molecule has 2 aromatic carbocycles. The Labute approximate surface area is 169 Å². The van der Waals surface area contributed by atoms with Gasteiger partial charge in [-0.2, -0.15) is 0 Å². The van der Waals surface area contributed by atoms with Crippen LogP contribution in [-0.4, -0.2) is 19.3 Å². The Morgan fingerprint density at radius 1 is 1.23 bits per heavy atom. The van der Waals surface area contributed by atoms with Crippen LogP contribution < -0.4 is 15.8 Å². The molecule has 0 atom stereocenters. The first-order valence-electron chi connectivity index (χ1n) is 8.19. The highest BCUT2D eigenvalue weighted by Crippen LogP contribution is 2.29. The van der Waals surface area contributed by atoms with Crippen molar-refractivity contribution < 1.29 is 13.9 Å². The van der Waals surface area contributed by atoms with Gasteiger partial charge in [0.15, 0.2) is 12.8 Å². The SMILES string of the molecule is Cc1ccc(NC(N)=NCCc2cc(F)cc3c2OCOC3)cc1C.I. The van der Waals surface area contributed by atoms with Gasteiger partial charge in [0, 0.05) is 17.8 Å². The predicted molar refractivity (Wildman–Crippen MR) is 112 cm³/mol. The molecule has 140 valence electrons. The summed E-state index contributed by atoms with van der Waals surface area (Å²) in [6, 6.07) is 8.93. The lowest BCUT2D eigenvalue weighted by atomic mass is 10.1. The molecule has 0 aliphatic carbocycles. The molecule has 3 rings (SSSR count). The van der Waals surface area contributed by atoms with Crippen LogP contribution in [0.25, 0.3) is 0 Å². The third-order valence-corrected chi connectivity index (χ3v) is 4.19. The molecule has 0 unspecified atom stereocenters. The molecule has 7 heteroatoms. The first-order valence-corrected chi connectivity index (χ1v) is 8.19. The maximum absolute atomic E-state index is 13.7. The number of aliphatic imine (C=N–C) groups is 1. The van der Waals surface area contributed by atoms with Crippen molar-refractivity contribution in [3.63, 3.8) is 0 Å². The van der Waals surface area contributed by atoms with Crippen molar-refractivity contribution in [1.82, 2.24) is 0 Å². The maximum atomic E-state index is 13.7. The summed E-state index contributed by atoms with van der Waals surface area (Å²) in [5.74, 6) is 0.731. The van der Waals surface area contributed by atoms with E-state index in [4.69, 9.17) is 15.2 Å². The largest absolute Gasteiger partial charge is 0.467 e. The van der Waals surface area contributed by atoms with Crippen molar-refractivity contribution in [3.05, 3.63) is 58.4 Å². The fourth-order valence-electron chi connectivity index (χ4n) is 2.75. The number of halogens is 2. The molecule has 0 saturated heterocycles. The minimum atomic E-state index is -0.298. The first-order chi connectivity index (χ1) is 12.0. The number of hydrogen-bond donors (Lipinski definition) is 2. The monoisotopic (exact) mass is 471 g/mol. The molecule has 0 amide bonds. The second kappa shape index (κ2) is 9.18. The van der Waals surface area contributed by atoms with Crippen LogP contribution in [0.15, 0.2) is 35.3 Å². The van der Waals surface area contributed by atoms with E-state index < -0.39 is 0 Å². The fraction of sp³-hybridized carbons (Fsp3) is 0.316. The van der Waals surface area contributed by atoms with Gasteiger partial charge >= 0.3 is 0 Å². The molecule has 3 N–H and O–H groups in total. The molecule has 5 nitrogen and oxygen atoms in total. The van der Waals surface area contributed by atoms with E-state index in [0.717, 1.165) is 16.8 Å². The lowest BCUT2D eigenvalue weighted by Gasteiger charge is -2.20. The van der Waals surface area contributed by atoms with Gasteiger partial charge in [-0.25, -0.2) is 4.39 Å². The van der Waals surface area contributed by atoms with Crippen LogP contribution in [0.2, 0.25) is 0 Å². The van der Waals surface area contributed by atoms with Gasteiger partial charge in [-0.3, -0.25) is 4.99 Å². The smallest absolute Gasteiger partial charge is 0.193 e. The number of aryl methyl sites for hydroxylation is 2. The van der Waals surface area contributed by atoms with Crippen LogP contribution in [0, 0.1) is 19.7 Å². The molecular formula is C19H23FIN3O2. The van der Waals surface area contributed by atoms with E-state index in [2.05, 4.69) is 17.2 Å². The number of nitrogens with one attached hydrogen (secondary N) is 1. The van der Waals surface area contributed by atoms with Gasteiger partial charge in [0.25, 0.3) is 0 Å². The summed E-state index contributed by atoms with van der Waals surface area (Å²) in [6.45, 7) is 5.09. The van der Waals surface area contributed by atoms with Gasteiger partial charge in [0.1, 0.15) is 11.6 Å². The average Bonchev–Trinajstić information content (AvgIpc) is 2.58. The number of anilines is 1. The Balaban J connectivity index is 0.00000243. The van der Waals surface area contributed by atoms with Crippen molar-refractivity contribution in [1.29, 1.82) is 0 Å². The molecular weight excluding hydrogens is 448 g/mol. The highest BCUT2D eigenvalue weighted by molar-refractivity contribution is 14.0. The minimum Gasteiger partial charge on any atom is -0.467 e. The summed E-state index contributed by atoms with van der Waals surface area (Å²) >= 11 is 0. The van der Waals surface area contributed by atoms with Crippen molar-refractivity contribution in [2.75, 3.05) is 18.7 Å². The lowest BCUT2D eigenvalue weighted by Crippen LogP contribution is -2.23. The van der Waals surface area contributed by atoms with Crippen LogP contribution >= 0.6 is 24.0 Å². The van der Waals surface area contributed by atoms with E-state index in [1.54, 1.807) is 0 Å². The average molecular weight is 471 g/mol. The van der Waals surface area contributed by atoms with Crippen molar-refractivity contribution in [2.45, 2.75) is 26.9 Å². The molecule has 2 aromatic rings. The number of benzene rings is 2. The number of guanidine groups is 1. The van der Waals surface area contributed by atoms with Crippen molar-refractivity contribution in [2.24, 2.45) is 10.7 Å². The first kappa shape index (κ1) is 20.4. The number of nitrogens with two attached hydrogens (primary N) is 1. The summed E-state index contributed by atoms with van der Waals surface area (Å²) < 4.78 is 24.4. The molecule has 1 aliphatic rings. The number of ether oxygens (including phenoxy) is 2. The fourth-order valence-corrected chi connectivity index (χ4v) is 2.75. The lowest BCUT2D eigenvalue weighted by molar-refractivity contribution is -0.0172. The quantitative estimate of drug-likeness (QED) is 0.404. The molecule has 0 fully saturated rings. The van der Waals surface area contributed by atoms with Gasteiger partial charge in [0.2, 0.25) is 0 Å². The standard InChI is InChI=1S/C19H22FN3O2.HI/c1-12-3-4-17(7-13(12)2)23-19(21)22-6-5-14-8-16(20)9-15-10-24-11-25-18(14)15;/h3-4,7-9H,5-6,10-11H2,1-2H3,(H3,21,22,23);1H. The number of fused-ring (bicyclic) bond motifs is 1. The predicted octanol–water partition coefficient (Wildman–Crippen LogP) is 3.90. The van der Waals surface area contributed by atoms with Crippen LogP contribution in [-0.2, 0) is 17.8 Å². The Hall–Kier alpha value is -1.87. The Morgan fingerprint density at radius 2 is 2.04 bits per heavy atom. The number of hydrogen-bond acceptors (Lipinski definition) is 3. The topological polar surface area (TPSA) is 68.9 Å². The summed E-state index contributed by atoms with van der Waals surface area (Å²) in [5.41, 5.74) is 10.7. The molecule has 0 aromatic heterocycles. The Kier molecular flexibility index (Phi) is 7.22. The van der Waals surface area contributed by atoms with Gasteiger partial charge in [-0.1, -0.05) is 6.07 Å². The van der Waals surface area contributed by atoms with E-state index in [1.165, 1.54) is 23.3 Å². The summed E-state index contributed by atoms with van der Waals surface area (Å²) in [7, 11) is 0. The van der Waals surface area contributed by atoms with E-state index >= 15 is 0 Å². The zero-order valence-electron chi connectivity index (χ0n) is 14.8. The zero-order chi connectivity index (χ0) is 17.8. The second-order valence-corrected chi connectivity index (χ2v) is 6.10. The van der Waals surface area contributed by atoms with E-state index in [0.29, 0.717) is 31.3 Å². The van der Waals surface area contributed by atoms with Crippen LogP contribution in [0.5, 0.6) is 5.75 Å². The normalized spacial score (nSPS) is 13.4. The van der Waals surface area contributed by atoms with Crippen molar-refractivity contribution >= 4 is 35.6 Å². The molecule has 0 spiro atoms. The van der Waals surface area contributed by atoms with Crippen LogP contribution in [0.1, 0.15) is 22.3 Å². The Morgan fingerprint density at radius 3 is 2.81 bits per heavy atom. The van der Waals surface area contributed by atoms with Gasteiger partial charge in [-0.15, -0.1) is 24.0 Å². The van der Waals surface area contributed by atoms with Crippen molar-refractivity contribution in [3.8, 4) is 5.75 Å². The summed E-state index contributed by atoms with van der Waals surface area (Å²) in [6.07, 6.45) is 0.537. The maximum Gasteiger partial charge on any atom is 0.193 e. The van der Waals surface area contributed by atoms with Gasteiger partial charge < -0.3 is 20.5 Å². The third kappa shape index (κ3) is 5.07. The van der Waals surface area contributed by atoms with E-state index in [9.17, 15) is 4.39 Å². The number of nitrogens with zero attached hydrogens (tertiary/aromatic N) is 1. The minimum absolute atomic E-state index is 0. The molecule has 0 bridgehead atoms.